The monoisotopic (exact) mass is 228 g/mol. The SMILES string of the molecule is CC=CC(O)(C(N)=O)C(O)(C=CC)C(N)=O. The first-order valence-corrected chi connectivity index (χ1v) is 4.58. The van der Waals surface area contributed by atoms with Crippen molar-refractivity contribution in [3.63, 3.8) is 0 Å². The van der Waals surface area contributed by atoms with Crippen LogP contribution in [0.5, 0.6) is 0 Å². The fraction of sp³-hybridized carbons (Fsp3) is 0.400. The van der Waals surface area contributed by atoms with Crippen LogP contribution in [0.3, 0.4) is 0 Å². The summed E-state index contributed by atoms with van der Waals surface area (Å²) in [6, 6.07) is 0. The minimum absolute atomic E-state index is 0.917. The predicted molar refractivity (Wildman–Crippen MR) is 57.9 cm³/mol. The Morgan fingerprint density at radius 3 is 1.31 bits per heavy atom. The van der Waals surface area contributed by atoms with Crippen LogP contribution in [0.1, 0.15) is 13.8 Å². The summed E-state index contributed by atoms with van der Waals surface area (Å²) in [6.07, 6.45) is 4.39. The van der Waals surface area contributed by atoms with Crippen LogP contribution in [0.15, 0.2) is 24.3 Å². The molecule has 2 atom stereocenters. The molecular formula is C10H16N2O4. The average Bonchev–Trinajstić information content (AvgIpc) is 2.17. The van der Waals surface area contributed by atoms with Crippen molar-refractivity contribution in [1.82, 2.24) is 0 Å². The molecule has 2 unspecified atom stereocenters. The molecule has 16 heavy (non-hydrogen) atoms. The van der Waals surface area contributed by atoms with Gasteiger partial charge in [-0.25, -0.2) is 0 Å². The van der Waals surface area contributed by atoms with E-state index in [-0.39, 0.29) is 0 Å². The Hall–Kier alpha value is -1.66. The van der Waals surface area contributed by atoms with Crippen LogP contribution in [0.2, 0.25) is 0 Å². The maximum atomic E-state index is 11.2. The van der Waals surface area contributed by atoms with E-state index < -0.39 is 23.0 Å². The minimum atomic E-state index is -2.57. The van der Waals surface area contributed by atoms with Crippen molar-refractivity contribution in [2.45, 2.75) is 25.0 Å². The molecule has 0 aliphatic rings. The standard InChI is InChI=1S/C10H16N2O4/c1-3-5-9(15,7(11)13)10(16,6-4-2)8(12)14/h3-6,15-16H,1-2H3,(H2,11,13)(H2,12,14). The Morgan fingerprint density at radius 2 is 1.19 bits per heavy atom. The lowest BCUT2D eigenvalue weighted by Gasteiger charge is -2.34. The molecule has 6 nitrogen and oxygen atoms in total. The van der Waals surface area contributed by atoms with E-state index in [0.717, 1.165) is 12.2 Å². The lowest BCUT2D eigenvalue weighted by molar-refractivity contribution is -0.163. The summed E-state index contributed by atoms with van der Waals surface area (Å²) < 4.78 is 0. The van der Waals surface area contributed by atoms with Crippen molar-refractivity contribution in [2.24, 2.45) is 11.5 Å². The van der Waals surface area contributed by atoms with Gasteiger partial charge in [0.2, 0.25) is 11.2 Å². The van der Waals surface area contributed by atoms with Gasteiger partial charge in [-0.2, -0.15) is 0 Å². The molecule has 6 heteroatoms. The smallest absolute Gasteiger partial charge is 0.257 e. The highest BCUT2D eigenvalue weighted by Crippen LogP contribution is 2.25. The summed E-state index contributed by atoms with van der Waals surface area (Å²) >= 11 is 0. The van der Waals surface area contributed by atoms with Crippen molar-refractivity contribution in [1.29, 1.82) is 0 Å². The maximum absolute atomic E-state index is 11.2. The van der Waals surface area contributed by atoms with Crippen LogP contribution >= 0.6 is 0 Å². The zero-order valence-electron chi connectivity index (χ0n) is 9.18. The van der Waals surface area contributed by atoms with Crippen LogP contribution in [0.25, 0.3) is 0 Å². The van der Waals surface area contributed by atoms with E-state index >= 15 is 0 Å². The molecule has 0 saturated carbocycles. The highest BCUT2D eigenvalue weighted by Gasteiger charge is 2.54. The van der Waals surface area contributed by atoms with Gasteiger partial charge in [0.05, 0.1) is 0 Å². The topological polar surface area (TPSA) is 127 Å². The summed E-state index contributed by atoms with van der Waals surface area (Å²) in [7, 11) is 0. The van der Waals surface area contributed by atoms with Crippen molar-refractivity contribution < 1.29 is 19.8 Å². The van der Waals surface area contributed by atoms with Gasteiger partial charge in [-0.3, -0.25) is 9.59 Å². The molecule has 0 bridgehead atoms. The van der Waals surface area contributed by atoms with E-state index in [0.29, 0.717) is 0 Å². The number of carbonyl (C=O) groups excluding carboxylic acids is 2. The van der Waals surface area contributed by atoms with Gasteiger partial charge in [-0.05, 0) is 26.0 Å². The lowest BCUT2D eigenvalue weighted by atomic mass is 9.80. The Kier molecular flexibility index (Phi) is 4.40. The molecule has 0 heterocycles. The summed E-state index contributed by atoms with van der Waals surface area (Å²) in [5, 5.41) is 19.9. The van der Waals surface area contributed by atoms with Gasteiger partial charge in [-0.15, -0.1) is 0 Å². The van der Waals surface area contributed by atoms with E-state index in [4.69, 9.17) is 11.5 Å². The highest BCUT2D eigenvalue weighted by atomic mass is 16.4. The summed E-state index contributed by atoms with van der Waals surface area (Å²) in [5.41, 5.74) is 4.80. The van der Waals surface area contributed by atoms with Crippen molar-refractivity contribution in [3.8, 4) is 0 Å². The molecule has 0 spiro atoms. The van der Waals surface area contributed by atoms with Gasteiger partial charge in [-0.1, -0.05) is 12.2 Å². The summed E-state index contributed by atoms with van der Waals surface area (Å²) in [4.78, 5) is 22.3. The molecule has 0 aromatic carbocycles. The normalized spacial score (nSPS) is 19.5. The molecule has 0 saturated heterocycles. The van der Waals surface area contributed by atoms with Crippen LogP contribution in [-0.4, -0.2) is 33.2 Å². The first-order chi connectivity index (χ1) is 7.26. The van der Waals surface area contributed by atoms with Crippen molar-refractivity contribution in [2.75, 3.05) is 0 Å². The molecule has 0 radical (unpaired) electrons. The Labute approximate surface area is 93.2 Å². The fourth-order valence-electron chi connectivity index (χ4n) is 1.28. The number of hydrogen-bond acceptors (Lipinski definition) is 4. The number of aliphatic hydroxyl groups is 2. The van der Waals surface area contributed by atoms with Crippen LogP contribution in [0, 0.1) is 0 Å². The zero-order valence-corrected chi connectivity index (χ0v) is 9.18. The van der Waals surface area contributed by atoms with E-state index in [9.17, 15) is 19.8 Å². The fourth-order valence-corrected chi connectivity index (χ4v) is 1.28. The third-order valence-electron chi connectivity index (χ3n) is 2.15. The van der Waals surface area contributed by atoms with Crippen molar-refractivity contribution in [3.05, 3.63) is 24.3 Å². The quantitative estimate of drug-likeness (QED) is 0.430. The number of amides is 2. The molecule has 6 N–H and O–H groups in total. The second-order valence-electron chi connectivity index (χ2n) is 3.26. The largest absolute Gasteiger partial charge is 0.373 e. The molecule has 0 aliphatic heterocycles. The number of hydrogen-bond donors (Lipinski definition) is 4. The average molecular weight is 228 g/mol. The van der Waals surface area contributed by atoms with Gasteiger partial charge in [0.15, 0.2) is 0 Å². The molecule has 0 aromatic heterocycles. The molecule has 0 fully saturated rings. The number of primary amides is 2. The minimum Gasteiger partial charge on any atom is -0.373 e. The highest BCUT2D eigenvalue weighted by molar-refractivity contribution is 5.99. The van der Waals surface area contributed by atoms with Crippen LogP contribution in [0.4, 0.5) is 0 Å². The van der Waals surface area contributed by atoms with Gasteiger partial charge in [0.25, 0.3) is 11.8 Å². The van der Waals surface area contributed by atoms with Crippen molar-refractivity contribution >= 4 is 11.8 Å². The second kappa shape index (κ2) is 4.91. The van der Waals surface area contributed by atoms with E-state index in [1.165, 1.54) is 26.0 Å². The van der Waals surface area contributed by atoms with E-state index in [1.54, 1.807) is 0 Å². The van der Waals surface area contributed by atoms with Crippen LogP contribution in [-0.2, 0) is 9.59 Å². The molecule has 0 rings (SSSR count). The second-order valence-corrected chi connectivity index (χ2v) is 3.26. The van der Waals surface area contributed by atoms with Gasteiger partial charge < -0.3 is 21.7 Å². The summed E-state index contributed by atoms with van der Waals surface area (Å²) in [5.74, 6) is -2.55. The van der Waals surface area contributed by atoms with Gasteiger partial charge >= 0.3 is 0 Å². The Morgan fingerprint density at radius 1 is 0.938 bits per heavy atom. The van der Waals surface area contributed by atoms with E-state index in [1.807, 2.05) is 0 Å². The molecule has 0 aromatic rings. The zero-order chi connectivity index (χ0) is 13.0. The van der Waals surface area contributed by atoms with Crippen LogP contribution < -0.4 is 11.5 Å². The summed E-state index contributed by atoms with van der Waals surface area (Å²) in [6.45, 7) is 2.98. The van der Waals surface area contributed by atoms with E-state index in [2.05, 4.69) is 0 Å². The first-order valence-electron chi connectivity index (χ1n) is 4.58. The molecule has 90 valence electrons. The molecule has 2 amide bonds. The lowest BCUT2D eigenvalue weighted by Crippen LogP contribution is -2.65. The van der Waals surface area contributed by atoms with Gasteiger partial charge in [0, 0.05) is 0 Å². The Bertz CT molecular complexity index is 317. The predicted octanol–water partition coefficient (Wildman–Crippen LogP) is -1.43. The third-order valence-corrected chi connectivity index (χ3v) is 2.15. The molecule has 0 aliphatic carbocycles. The number of allylic oxidation sites excluding steroid dienone is 2. The number of carbonyl (C=O) groups is 2. The molecular weight excluding hydrogens is 212 g/mol. The number of rotatable bonds is 5. The van der Waals surface area contributed by atoms with Gasteiger partial charge in [0.1, 0.15) is 0 Å². The number of nitrogens with two attached hydrogens (primary N) is 2. The maximum Gasteiger partial charge on any atom is 0.257 e. The first kappa shape index (κ1) is 14.3. The third kappa shape index (κ3) is 2.12. The Balaban J connectivity index is 5.82.